The fraction of sp³-hybridized carbons (Fsp3) is 0.684. The molecule has 2 aromatic heterocycles. The smallest absolute Gasteiger partial charge is 0.240 e. The topological polar surface area (TPSA) is 121 Å². The Hall–Kier alpha value is -2.11. The number of aryl methyl sites for hydroxylation is 1. The quantitative estimate of drug-likeness (QED) is 0.666. The highest BCUT2D eigenvalue weighted by Gasteiger charge is 2.45. The second-order valence-electron chi connectivity index (χ2n) is 8.37. The Morgan fingerprint density at radius 1 is 1.30 bits per heavy atom. The third-order valence-electron chi connectivity index (χ3n) is 5.99. The molecule has 0 bridgehead atoms. The Kier molecular flexibility index (Phi) is 5.54. The number of ether oxygens (including phenoxy) is 2. The summed E-state index contributed by atoms with van der Waals surface area (Å²) in [6, 6.07) is 0. The number of nitrogens with zero attached hydrogens (tertiary/aromatic N) is 5. The molecule has 2 fully saturated rings. The second-order valence-corrected chi connectivity index (χ2v) is 10.4. The molecule has 0 aromatic carbocycles. The van der Waals surface area contributed by atoms with Crippen LogP contribution in [-0.2, 0) is 25.0 Å². The molecule has 11 heteroatoms. The van der Waals surface area contributed by atoms with Gasteiger partial charge in [0.05, 0.1) is 24.2 Å². The molecule has 1 saturated heterocycles. The first-order valence-electron chi connectivity index (χ1n) is 10.1. The molecule has 0 amide bonds. The van der Waals surface area contributed by atoms with Gasteiger partial charge in [-0.05, 0) is 40.0 Å². The molecule has 1 N–H and O–H groups in total. The van der Waals surface area contributed by atoms with Gasteiger partial charge in [-0.15, -0.1) is 10.2 Å². The molecule has 1 saturated carbocycles. The Bertz CT molecular complexity index is 997. The summed E-state index contributed by atoms with van der Waals surface area (Å²) < 4.78 is 42.0. The van der Waals surface area contributed by atoms with Gasteiger partial charge in [-0.1, -0.05) is 0 Å². The van der Waals surface area contributed by atoms with Gasteiger partial charge in [-0.25, -0.2) is 8.42 Å². The van der Waals surface area contributed by atoms with E-state index in [2.05, 4.69) is 31.8 Å². The predicted octanol–water partition coefficient (Wildman–Crippen LogP) is 1.91. The van der Waals surface area contributed by atoms with Gasteiger partial charge in [0, 0.05) is 31.4 Å². The summed E-state index contributed by atoms with van der Waals surface area (Å²) in [5.41, 5.74) is 1.03. The Labute approximate surface area is 176 Å². The molecule has 10 nitrogen and oxygen atoms in total. The molecule has 0 spiro atoms. The van der Waals surface area contributed by atoms with Gasteiger partial charge in [-0.2, -0.15) is 0 Å². The van der Waals surface area contributed by atoms with Gasteiger partial charge in [0.15, 0.2) is 0 Å². The normalized spacial score (nSPS) is 22.6. The van der Waals surface area contributed by atoms with Gasteiger partial charge in [-0.3, -0.25) is 19.3 Å². The lowest BCUT2D eigenvalue weighted by molar-refractivity contribution is 0.0985. The lowest BCUT2D eigenvalue weighted by atomic mass is 10.1. The van der Waals surface area contributed by atoms with Crippen LogP contribution < -0.4 is 4.72 Å². The van der Waals surface area contributed by atoms with Gasteiger partial charge < -0.3 is 9.47 Å². The first-order valence-corrected chi connectivity index (χ1v) is 11.7. The van der Waals surface area contributed by atoms with Crippen LogP contribution in [0.5, 0.6) is 0 Å². The molecule has 1 aliphatic carbocycles. The van der Waals surface area contributed by atoms with Crippen LogP contribution in [0.25, 0.3) is 0 Å². The van der Waals surface area contributed by atoms with E-state index in [1.54, 1.807) is 19.3 Å². The Balaban J connectivity index is 1.62. The number of aromatic nitrogens is 5. The van der Waals surface area contributed by atoms with E-state index >= 15 is 0 Å². The third-order valence-corrected chi connectivity index (χ3v) is 7.69. The van der Waals surface area contributed by atoms with Gasteiger partial charge in [0.2, 0.25) is 16.0 Å². The van der Waals surface area contributed by atoms with Crippen LogP contribution in [0.15, 0.2) is 12.4 Å². The summed E-state index contributed by atoms with van der Waals surface area (Å²) in [6.45, 7) is 6.76. The van der Waals surface area contributed by atoms with Crippen molar-refractivity contribution in [3.05, 3.63) is 29.6 Å². The number of hydrogen-bond acceptors (Lipinski definition) is 8. The largest absolute Gasteiger partial charge is 0.381 e. The van der Waals surface area contributed by atoms with Crippen molar-refractivity contribution >= 4 is 16.0 Å². The molecule has 2 unspecified atom stereocenters. The summed E-state index contributed by atoms with van der Waals surface area (Å²) in [6.07, 6.45) is 5.13. The third kappa shape index (κ3) is 3.93. The van der Waals surface area contributed by atoms with E-state index in [1.807, 2.05) is 11.5 Å². The first-order chi connectivity index (χ1) is 14.2. The monoisotopic (exact) mass is 436 g/mol. The minimum atomic E-state index is -3.85. The van der Waals surface area contributed by atoms with Crippen molar-refractivity contribution in [3.63, 3.8) is 0 Å². The maximum atomic E-state index is 13.2. The van der Waals surface area contributed by atoms with E-state index in [1.165, 1.54) is 7.11 Å². The van der Waals surface area contributed by atoms with Crippen molar-refractivity contribution in [2.45, 2.75) is 62.8 Å². The lowest BCUT2D eigenvalue weighted by Crippen LogP contribution is -2.34. The lowest BCUT2D eigenvalue weighted by Gasteiger charge is -2.24. The molecule has 4 rings (SSSR count). The van der Waals surface area contributed by atoms with E-state index in [-0.39, 0.29) is 17.4 Å². The number of nitrogens with one attached hydrogen (secondary N) is 1. The molecule has 164 valence electrons. The van der Waals surface area contributed by atoms with Crippen molar-refractivity contribution in [2.75, 3.05) is 25.0 Å². The van der Waals surface area contributed by atoms with Gasteiger partial charge in [0.1, 0.15) is 17.2 Å². The number of rotatable bonds is 8. The summed E-state index contributed by atoms with van der Waals surface area (Å²) in [4.78, 5) is 8.49. The van der Waals surface area contributed by atoms with Crippen LogP contribution >= 0.6 is 0 Å². The van der Waals surface area contributed by atoms with Crippen molar-refractivity contribution in [1.82, 2.24) is 24.7 Å². The van der Waals surface area contributed by atoms with E-state index in [0.29, 0.717) is 18.9 Å². The zero-order chi connectivity index (χ0) is 21.5. The van der Waals surface area contributed by atoms with Crippen molar-refractivity contribution < 1.29 is 17.9 Å². The molecule has 0 radical (unpaired) electrons. The summed E-state index contributed by atoms with van der Waals surface area (Å²) in [5, 5.41) is 7.61. The zero-order valence-corrected chi connectivity index (χ0v) is 18.5. The molecule has 3 atom stereocenters. The zero-order valence-electron chi connectivity index (χ0n) is 17.7. The fourth-order valence-corrected chi connectivity index (χ4v) is 4.94. The minimum Gasteiger partial charge on any atom is -0.381 e. The Morgan fingerprint density at radius 2 is 2.07 bits per heavy atom. The molecule has 2 aromatic rings. The van der Waals surface area contributed by atoms with E-state index in [0.717, 1.165) is 30.8 Å². The summed E-state index contributed by atoms with van der Waals surface area (Å²) in [5.74, 6) is 1.15. The number of hydrogen-bond donors (Lipinski definition) is 1. The van der Waals surface area contributed by atoms with Crippen molar-refractivity contribution in [1.29, 1.82) is 0 Å². The van der Waals surface area contributed by atoms with Gasteiger partial charge >= 0.3 is 0 Å². The predicted molar refractivity (Wildman–Crippen MR) is 110 cm³/mol. The Morgan fingerprint density at radius 3 is 2.63 bits per heavy atom. The minimum absolute atomic E-state index is 0.125. The molecular weight excluding hydrogens is 408 g/mol. The average molecular weight is 437 g/mol. The summed E-state index contributed by atoms with van der Waals surface area (Å²) >= 11 is 0. The molecular formula is C19H28N6O4S. The highest BCUT2D eigenvalue weighted by atomic mass is 32.2. The maximum absolute atomic E-state index is 13.2. The fourth-order valence-electron chi connectivity index (χ4n) is 3.79. The molecule has 3 heterocycles. The highest BCUT2D eigenvalue weighted by molar-refractivity contribution is 7.93. The van der Waals surface area contributed by atoms with E-state index < -0.39 is 21.4 Å². The van der Waals surface area contributed by atoms with E-state index in [4.69, 9.17) is 9.47 Å². The second kappa shape index (κ2) is 7.86. The maximum Gasteiger partial charge on any atom is 0.240 e. The molecule has 30 heavy (non-hydrogen) atoms. The number of sulfonamides is 1. The first kappa shape index (κ1) is 21.1. The SMILES string of the molecule is COC(c1cnc(C)cn1)C(C)S(=O)(=O)Nc1nnc([C@H]2CCOC2)n1C1(C)CC1. The molecule has 2 aliphatic rings. The average Bonchev–Trinajstić information content (AvgIpc) is 3.12. The van der Waals surface area contributed by atoms with Crippen molar-refractivity contribution in [2.24, 2.45) is 0 Å². The standard InChI is InChI=1S/C19H28N6O4S/c1-12-9-21-15(10-20-12)16(28-4)13(2)30(26,27)24-18-23-22-17(14-5-8-29-11-14)25(18)19(3)6-7-19/h9-10,13-14,16H,5-8,11H2,1-4H3,(H,23,24)/t13?,14-,16?/m0/s1. The van der Waals surface area contributed by atoms with Gasteiger partial charge in [0.25, 0.3) is 0 Å². The van der Waals surface area contributed by atoms with E-state index in [9.17, 15) is 8.42 Å². The van der Waals surface area contributed by atoms with Crippen LogP contribution in [0, 0.1) is 6.92 Å². The molecule has 1 aliphatic heterocycles. The van der Waals surface area contributed by atoms with Crippen LogP contribution in [0.3, 0.4) is 0 Å². The highest BCUT2D eigenvalue weighted by Crippen LogP contribution is 2.47. The number of anilines is 1. The van der Waals surface area contributed by atoms with Crippen LogP contribution in [-0.4, -0.2) is 58.7 Å². The van der Waals surface area contributed by atoms with Crippen LogP contribution in [0.1, 0.15) is 62.3 Å². The van der Waals surface area contributed by atoms with Crippen LogP contribution in [0.4, 0.5) is 5.95 Å². The summed E-state index contributed by atoms with van der Waals surface area (Å²) in [7, 11) is -2.38. The van der Waals surface area contributed by atoms with Crippen molar-refractivity contribution in [3.8, 4) is 0 Å². The van der Waals surface area contributed by atoms with Crippen LogP contribution in [0.2, 0.25) is 0 Å². The number of methoxy groups -OCH3 is 1.